The highest BCUT2D eigenvalue weighted by molar-refractivity contribution is 5.27. The fourth-order valence-corrected chi connectivity index (χ4v) is 2.80. The zero-order valence-corrected chi connectivity index (χ0v) is 13.1. The summed E-state index contributed by atoms with van der Waals surface area (Å²) in [7, 11) is 0. The molecule has 1 fully saturated rings. The molecule has 0 radical (unpaired) electrons. The first kappa shape index (κ1) is 15.3. The third kappa shape index (κ3) is 4.20. The lowest BCUT2D eigenvalue weighted by Gasteiger charge is -2.28. The van der Waals surface area contributed by atoms with Crippen molar-refractivity contribution in [3.8, 4) is 0 Å². The summed E-state index contributed by atoms with van der Waals surface area (Å²) in [5.74, 6) is 1.30. The van der Waals surface area contributed by atoms with Gasteiger partial charge in [-0.2, -0.15) is 0 Å². The molecule has 5 heteroatoms. The molecule has 0 atom stereocenters. The zero-order valence-electron chi connectivity index (χ0n) is 13.1. The Morgan fingerprint density at radius 1 is 1.30 bits per heavy atom. The Bertz CT molecular complexity index is 385. The van der Waals surface area contributed by atoms with E-state index in [9.17, 15) is 0 Å². The lowest BCUT2D eigenvalue weighted by Crippen LogP contribution is -2.36. The summed E-state index contributed by atoms with van der Waals surface area (Å²) in [5.41, 5.74) is 0. The minimum atomic E-state index is 0.578. The summed E-state index contributed by atoms with van der Waals surface area (Å²) in [4.78, 5) is 2.33. The monoisotopic (exact) mass is 280 g/mol. The van der Waals surface area contributed by atoms with Gasteiger partial charge in [-0.3, -0.25) is 0 Å². The van der Waals surface area contributed by atoms with Crippen LogP contribution in [0, 0.1) is 5.92 Å². The lowest BCUT2D eigenvalue weighted by molar-refractivity contribution is 0.430. The molecule has 0 amide bonds. The Hall–Kier alpha value is -1.10. The fourth-order valence-electron chi connectivity index (χ4n) is 2.80. The maximum Gasteiger partial charge on any atom is 0.318 e. The molecule has 0 bridgehead atoms. The molecule has 0 saturated heterocycles. The number of aromatic nitrogens is 2. The SMILES string of the molecule is CCCNCc1nnc(N(CC(C)C)C2CCCC2)o1. The minimum Gasteiger partial charge on any atom is -0.407 e. The molecule has 2 rings (SSSR count). The van der Waals surface area contributed by atoms with E-state index in [0.29, 0.717) is 30.4 Å². The average molecular weight is 280 g/mol. The zero-order chi connectivity index (χ0) is 14.4. The molecule has 0 unspecified atom stereocenters. The van der Waals surface area contributed by atoms with Crippen molar-refractivity contribution in [3.63, 3.8) is 0 Å². The molecule has 20 heavy (non-hydrogen) atoms. The molecule has 0 spiro atoms. The summed E-state index contributed by atoms with van der Waals surface area (Å²) >= 11 is 0. The van der Waals surface area contributed by atoms with Crippen molar-refractivity contribution in [3.05, 3.63) is 5.89 Å². The molecule has 114 valence electrons. The van der Waals surface area contributed by atoms with Crippen molar-refractivity contribution < 1.29 is 4.42 Å². The highest BCUT2D eigenvalue weighted by Gasteiger charge is 2.27. The molecule has 1 aliphatic rings. The van der Waals surface area contributed by atoms with Crippen LogP contribution >= 0.6 is 0 Å². The molecular weight excluding hydrogens is 252 g/mol. The summed E-state index contributed by atoms with van der Waals surface area (Å²) in [6.45, 7) is 9.27. The third-order valence-electron chi connectivity index (χ3n) is 3.73. The summed E-state index contributed by atoms with van der Waals surface area (Å²) < 4.78 is 5.85. The molecule has 1 aromatic rings. The second-order valence-corrected chi connectivity index (χ2v) is 6.14. The highest BCUT2D eigenvalue weighted by atomic mass is 16.4. The van der Waals surface area contributed by atoms with E-state index in [1.54, 1.807) is 0 Å². The number of hydrogen-bond donors (Lipinski definition) is 1. The van der Waals surface area contributed by atoms with Crippen LogP contribution in [0.5, 0.6) is 0 Å². The Morgan fingerprint density at radius 3 is 2.70 bits per heavy atom. The number of nitrogens with zero attached hydrogens (tertiary/aromatic N) is 3. The van der Waals surface area contributed by atoms with E-state index in [-0.39, 0.29) is 0 Å². The van der Waals surface area contributed by atoms with Gasteiger partial charge < -0.3 is 14.6 Å². The van der Waals surface area contributed by atoms with Crippen LogP contribution in [0.4, 0.5) is 6.01 Å². The van der Waals surface area contributed by atoms with E-state index >= 15 is 0 Å². The minimum absolute atomic E-state index is 0.578. The van der Waals surface area contributed by atoms with Gasteiger partial charge in [-0.05, 0) is 31.7 Å². The fraction of sp³-hybridized carbons (Fsp3) is 0.867. The molecule has 1 aromatic heterocycles. The van der Waals surface area contributed by atoms with Crippen LogP contribution < -0.4 is 10.2 Å². The molecule has 0 aliphatic heterocycles. The Labute approximate surface area is 122 Å². The van der Waals surface area contributed by atoms with E-state index < -0.39 is 0 Å². The first-order valence-corrected chi connectivity index (χ1v) is 8.00. The van der Waals surface area contributed by atoms with E-state index in [1.165, 1.54) is 25.7 Å². The second-order valence-electron chi connectivity index (χ2n) is 6.14. The van der Waals surface area contributed by atoms with Gasteiger partial charge in [-0.15, -0.1) is 5.10 Å². The van der Waals surface area contributed by atoms with Crippen molar-refractivity contribution in [2.75, 3.05) is 18.0 Å². The lowest BCUT2D eigenvalue weighted by atomic mass is 10.1. The van der Waals surface area contributed by atoms with Crippen LogP contribution in [0.2, 0.25) is 0 Å². The van der Waals surface area contributed by atoms with Crippen molar-refractivity contribution in [1.29, 1.82) is 0 Å². The van der Waals surface area contributed by atoms with Gasteiger partial charge in [-0.25, -0.2) is 0 Å². The van der Waals surface area contributed by atoms with Crippen LogP contribution in [-0.2, 0) is 6.54 Å². The van der Waals surface area contributed by atoms with Gasteiger partial charge in [0.05, 0.1) is 6.54 Å². The van der Waals surface area contributed by atoms with Crippen LogP contribution in [0.25, 0.3) is 0 Å². The molecular formula is C15H28N4O. The molecule has 1 N–H and O–H groups in total. The van der Waals surface area contributed by atoms with Crippen LogP contribution in [0.3, 0.4) is 0 Å². The van der Waals surface area contributed by atoms with Gasteiger partial charge in [0.1, 0.15) is 0 Å². The number of hydrogen-bond acceptors (Lipinski definition) is 5. The number of rotatable bonds is 8. The van der Waals surface area contributed by atoms with Crippen molar-refractivity contribution >= 4 is 6.01 Å². The van der Waals surface area contributed by atoms with Crippen LogP contribution in [-0.4, -0.2) is 29.3 Å². The number of nitrogens with one attached hydrogen (secondary N) is 1. The quantitative estimate of drug-likeness (QED) is 0.742. The normalized spacial score (nSPS) is 16.2. The first-order valence-electron chi connectivity index (χ1n) is 8.00. The summed E-state index contributed by atoms with van der Waals surface area (Å²) in [6.07, 6.45) is 6.25. The second kappa shape index (κ2) is 7.62. The largest absolute Gasteiger partial charge is 0.407 e. The Balaban J connectivity index is 2.00. The molecule has 1 aliphatic carbocycles. The summed E-state index contributed by atoms with van der Waals surface area (Å²) in [6, 6.07) is 1.29. The predicted molar refractivity (Wildman–Crippen MR) is 80.7 cm³/mol. The van der Waals surface area contributed by atoms with E-state index in [4.69, 9.17) is 4.42 Å². The standard InChI is InChI=1S/C15H28N4O/c1-4-9-16-10-14-17-18-15(20-14)19(11-12(2)3)13-7-5-6-8-13/h12-13,16H,4-11H2,1-3H3. The first-order chi connectivity index (χ1) is 9.70. The Kier molecular flexibility index (Phi) is 5.83. The highest BCUT2D eigenvalue weighted by Crippen LogP contribution is 2.28. The Morgan fingerprint density at radius 2 is 2.05 bits per heavy atom. The third-order valence-corrected chi connectivity index (χ3v) is 3.73. The van der Waals surface area contributed by atoms with Gasteiger partial charge in [0.25, 0.3) is 0 Å². The predicted octanol–water partition coefficient (Wildman–Crippen LogP) is 2.97. The van der Waals surface area contributed by atoms with E-state index in [2.05, 4.69) is 41.2 Å². The molecule has 1 saturated carbocycles. The maximum atomic E-state index is 5.85. The average Bonchev–Trinajstić information content (AvgIpc) is 3.08. The van der Waals surface area contributed by atoms with E-state index in [1.807, 2.05) is 0 Å². The summed E-state index contributed by atoms with van der Waals surface area (Å²) in [5, 5.41) is 11.7. The van der Waals surface area contributed by atoms with Gasteiger partial charge in [0, 0.05) is 12.6 Å². The van der Waals surface area contributed by atoms with Crippen LogP contribution in [0.1, 0.15) is 58.8 Å². The van der Waals surface area contributed by atoms with Crippen molar-refractivity contribution in [2.45, 2.75) is 65.5 Å². The van der Waals surface area contributed by atoms with Crippen molar-refractivity contribution in [2.24, 2.45) is 5.92 Å². The van der Waals surface area contributed by atoms with Gasteiger partial charge in [0.15, 0.2) is 0 Å². The maximum absolute atomic E-state index is 5.85. The number of anilines is 1. The van der Waals surface area contributed by atoms with Crippen molar-refractivity contribution in [1.82, 2.24) is 15.5 Å². The molecule has 1 heterocycles. The topological polar surface area (TPSA) is 54.2 Å². The van der Waals surface area contributed by atoms with Crippen LogP contribution in [0.15, 0.2) is 4.42 Å². The van der Waals surface area contributed by atoms with Gasteiger partial charge in [0.2, 0.25) is 5.89 Å². The smallest absolute Gasteiger partial charge is 0.318 e. The van der Waals surface area contributed by atoms with E-state index in [0.717, 1.165) is 19.5 Å². The van der Waals surface area contributed by atoms with Gasteiger partial charge >= 0.3 is 6.01 Å². The van der Waals surface area contributed by atoms with Gasteiger partial charge in [-0.1, -0.05) is 38.7 Å². The molecule has 0 aromatic carbocycles. The molecule has 5 nitrogen and oxygen atoms in total.